The van der Waals surface area contributed by atoms with E-state index in [-0.39, 0.29) is 11.8 Å². The van der Waals surface area contributed by atoms with Crippen molar-refractivity contribution >= 4 is 11.9 Å². The summed E-state index contributed by atoms with van der Waals surface area (Å²) in [4.78, 5) is 23.1. The van der Waals surface area contributed by atoms with Crippen molar-refractivity contribution < 1.29 is 14.3 Å². The van der Waals surface area contributed by atoms with Crippen LogP contribution in [0.5, 0.6) is 5.75 Å². The van der Waals surface area contributed by atoms with Gasteiger partial charge in [-0.1, -0.05) is 32.0 Å². The third-order valence-electron chi connectivity index (χ3n) is 2.99. The number of primary amides is 1. The maximum atomic E-state index is 12.2. The molecule has 0 heterocycles. The summed E-state index contributed by atoms with van der Waals surface area (Å²) in [6.45, 7) is 4.28. The molecule has 0 spiro atoms. The van der Waals surface area contributed by atoms with Gasteiger partial charge in [0.1, 0.15) is 11.8 Å². The number of urea groups is 1. The molecule has 0 fully saturated rings. The molecule has 0 aromatic heterocycles. The van der Waals surface area contributed by atoms with Crippen molar-refractivity contribution in [1.29, 1.82) is 0 Å². The van der Waals surface area contributed by atoms with Gasteiger partial charge in [-0.15, -0.1) is 0 Å². The van der Waals surface area contributed by atoms with Crippen LogP contribution in [0.15, 0.2) is 24.3 Å². The van der Waals surface area contributed by atoms with Crippen LogP contribution in [0.1, 0.15) is 25.8 Å². The molecule has 1 rings (SSSR count). The van der Waals surface area contributed by atoms with Crippen LogP contribution < -0.4 is 21.1 Å². The number of benzene rings is 1. The fourth-order valence-corrected chi connectivity index (χ4v) is 2.03. The van der Waals surface area contributed by atoms with Gasteiger partial charge in [0.05, 0.1) is 7.11 Å². The van der Waals surface area contributed by atoms with Crippen LogP contribution in [0.3, 0.4) is 0 Å². The summed E-state index contributed by atoms with van der Waals surface area (Å²) in [6.07, 6.45) is 0.528. The number of hydrogen-bond acceptors (Lipinski definition) is 3. The lowest BCUT2D eigenvalue weighted by Gasteiger charge is -2.19. The summed E-state index contributed by atoms with van der Waals surface area (Å²) < 4.78 is 5.23. The molecule has 0 aliphatic heterocycles. The maximum absolute atomic E-state index is 12.2. The largest absolute Gasteiger partial charge is 0.496 e. The number of ether oxygens (including phenoxy) is 1. The molecule has 0 bridgehead atoms. The van der Waals surface area contributed by atoms with Crippen LogP contribution in [0.4, 0.5) is 4.79 Å². The molecule has 0 aliphatic rings. The highest BCUT2D eigenvalue weighted by Gasteiger charge is 2.20. The molecule has 0 saturated carbocycles. The second-order valence-corrected chi connectivity index (χ2v) is 5.22. The molecule has 6 heteroatoms. The number of nitrogens with one attached hydrogen (secondary N) is 2. The number of amides is 3. The predicted molar refractivity (Wildman–Crippen MR) is 80.8 cm³/mol. The molecular formula is C15H23N3O3. The quantitative estimate of drug-likeness (QED) is 0.709. The van der Waals surface area contributed by atoms with E-state index in [4.69, 9.17) is 10.5 Å². The molecule has 0 saturated heterocycles. The van der Waals surface area contributed by atoms with E-state index >= 15 is 0 Å². The average Bonchev–Trinajstić information content (AvgIpc) is 2.43. The lowest BCUT2D eigenvalue weighted by molar-refractivity contribution is -0.123. The Bertz CT molecular complexity index is 489. The SMILES string of the molecule is COc1ccccc1CNC(=O)C(CC(C)C)NC(N)=O. The Labute approximate surface area is 125 Å². The first-order chi connectivity index (χ1) is 9.93. The number of carbonyl (C=O) groups excluding carboxylic acids is 2. The second-order valence-electron chi connectivity index (χ2n) is 5.22. The topological polar surface area (TPSA) is 93.4 Å². The summed E-state index contributed by atoms with van der Waals surface area (Å²) in [5.41, 5.74) is 5.98. The number of para-hydroxylation sites is 1. The van der Waals surface area contributed by atoms with E-state index in [1.807, 2.05) is 38.1 Å². The maximum Gasteiger partial charge on any atom is 0.312 e. The van der Waals surface area contributed by atoms with E-state index in [0.29, 0.717) is 18.7 Å². The average molecular weight is 293 g/mol. The number of carbonyl (C=O) groups is 2. The van der Waals surface area contributed by atoms with Gasteiger partial charge in [-0.05, 0) is 18.4 Å². The van der Waals surface area contributed by atoms with Crippen LogP contribution in [-0.2, 0) is 11.3 Å². The highest BCUT2D eigenvalue weighted by Crippen LogP contribution is 2.16. The summed E-state index contributed by atoms with van der Waals surface area (Å²) in [7, 11) is 1.58. The number of hydrogen-bond donors (Lipinski definition) is 3. The third-order valence-corrected chi connectivity index (χ3v) is 2.99. The minimum Gasteiger partial charge on any atom is -0.496 e. The van der Waals surface area contributed by atoms with E-state index in [2.05, 4.69) is 10.6 Å². The number of nitrogens with two attached hydrogens (primary N) is 1. The van der Waals surface area contributed by atoms with Crippen molar-refractivity contribution in [3.8, 4) is 5.75 Å². The minimum atomic E-state index is -0.701. The Morgan fingerprint density at radius 2 is 1.95 bits per heavy atom. The highest BCUT2D eigenvalue weighted by molar-refractivity contribution is 5.86. The Balaban J connectivity index is 2.66. The molecular weight excluding hydrogens is 270 g/mol. The standard InChI is InChI=1S/C15H23N3O3/c1-10(2)8-12(18-15(16)20)14(19)17-9-11-6-4-5-7-13(11)21-3/h4-7,10,12H,8-9H2,1-3H3,(H,17,19)(H3,16,18,20). The first-order valence-electron chi connectivity index (χ1n) is 6.89. The van der Waals surface area contributed by atoms with Gasteiger partial charge in [0.15, 0.2) is 0 Å². The van der Waals surface area contributed by atoms with Crippen LogP contribution in [-0.4, -0.2) is 25.1 Å². The van der Waals surface area contributed by atoms with Crippen molar-refractivity contribution in [2.45, 2.75) is 32.9 Å². The molecule has 1 aromatic rings. The molecule has 116 valence electrons. The zero-order chi connectivity index (χ0) is 15.8. The van der Waals surface area contributed by atoms with Crippen molar-refractivity contribution in [2.24, 2.45) is 11.7 Å². The van der Waals surface area contributed by atoms with E-state index in [1.165, 1.54) is 0 Å². The third kappa shape index (κ3) is 5.72. The first-order valence-corrected chi connectivity index (χ1v) is 6.89. The van der Waals surface area contributed by atoms with Crippen LogP contribution in [0.2, 0.25) is 0 Å². The minimum absolute atomic E-state index is 0.256. The number of methoxy groups -OCH3 is 1. The van der Waals surface area contributed by atoms with Crippen LogP contribution in [0, 0.1) is 5.92 Å². The Kier molecular flexibility index (Phi) is 6.52. The molecule has 4 N–H and O–H groups in total. The Hall–Kier alpha value is -2.24. The van der Waals surface area contributed by atoms with E-state index < -0.39 is 12.1 Å². The fourth-order valence-electron chi connectivity index (χ4n) is 2.03. The summed E-state index contributed by atoms with van der Waals surface area (Å²) >= 11 is 0. The molecule has 21 heavy (non-hydrogen) atoms. The highest BCUT2D eigenvalue weighted by atomic mass is 16.5. The van der Waals surface area contributed by atoms with Gasteiger partial charge in [0, 0.05) is 12.1 Å². The van der Waals surface area contributed by atoms with Crippen LogP contribution >= 0.6 is 0 Å². The van der Waals surface area contributed by atoms with Crippen LogP contribution in [0.25, 0.3) is 0 Å². The van der Waals surface area contributed by atoms with Crippen molar-refractivity contribution in [3.05, 3.63) is 29.8 Å². The molecule has 1 aromatic carbocycles. The zero-order valence-electron chi connectivity index (χ0n) is 12.7. The molecule has 3 amide bonds. The lowest BCUT2D eigenvalue weighted by atomic mass is 10.0. The van der Waals surface area contributed by atoms with Gasteiger partial charge in [-0.25, -0.2) is 4.79 Å². The normalized spacial score (nSPS) is 11.8. The second kappa shape index (κ2) is 8.14. The van der Waals surface area contributed by atoms with Gasteiger partial charge < -0.3 is 21.1 Å². The molecule has 6 nitrogen and oxygen atoms in total. The van der Waals surface area contributed by atoms with Crippen molar-refractivity contribution in [1.82, 2.24) is 10.6 Å². The Morgan fingerprint density at radius 1 is 1.29 bits per heavy atom. The molecule has 0 aliphatic carbocycles. The molecule has 1 unspecified atom stereocenters. The van der Waals surface area contributed by atoms with Gasteiger partial charge in [-0.3, -0.25) is 4.79 Å². The summed E-state index contributed by atoms with van der Waals surface area (Å²) in [5.74, 6) is 0.716. The Morgan fingerprint density at radius 3 is 2.52 bits per heavy atom. The van der Waals surface area contributed by atoms with E-state index in [0.717, 1.165) is 5.56 Å². The monoisotopic (exact) mass is 293 g/mol. The van der Waals surface area contributed by atoms with Gasteiger partial charge in [0.2, 0.25) is 5.91 Å². The van der Waals surface area contributed by atoms with E-state index in [9.17, 15) is 9.59 Å². The molecule has 1 atom stereocenters. The van der Waals surface area contributed by atoms with Gasteiger partial charge in [0.25, 0.3) is 0 Å². The van der Waals surface area contributed by atoms with Crippen molar-refractivity contribution in [3.63, 3.8) is 0 Å². The zero-order valence-corrected chi connectivity index (χ0v) is 12.7. The fraction of sp³-hybridized carbons (Fsp3) is 0.467. The number of rotatable bonds is 7. The summed E-state index contributed by atoms with van der Waals surface area (Å²) in [6, 6.07) is 6.11. The van der Waals surface area contributed by atoms with E-state index in [1.54, 1.807) is 7.11 Å². The molecule has 0 radical (unpaired) electrons. The smallest absolute Gasteiger partial charge is 0.312 e. The lowest BCUT2D eigenvalue weighted by Crippen LogP contribution is -2.49. The van der Waals surface area contributed by atoms with Gasteiger partial charge in [-0.2, -0.15) is 0 Å². The van der Waals surface area contributed by atoms with Crippen molar-refractivity contribution in [2.75, 3.05) is 7.11 Å². The van der Waals surface area contributed by atoms with Gasteiger partial charge >= 0.3 is 6.03 Å². The summed E-state index contributed by atoms with van der Waals surface area (Å²) in [5, 5.41) is 5.27. The predicted octanol–water partition coefficient (Wildman–Crippen LogP) is 1.39. The first kappa shape index (κ1) is 16.8.